The van der Waals surface area contributed by atoms with Crippen LogP contribution in [-0.2, 0) is 26.5 Å². The molecule has 31 heavy (non-hydrogen) atoms. The molecule has 0 spiro atoms. The zero-order chi connectivity index (χ0) is 22.8. The van der Waals surface area contributed by atoms with E-state index >= 15 is 0 Å². The van der Waals surface area contributed by atoms with E-state index in [0.29, 0.717) is 28.9 Å². The molecule has 164 valence electrons. The molecule has 3 amide bonds. The number of benzene rings is 2. The number of carbonyl (C=O) groups excluding carboxylic acids is 3. The molecule has 0 aliphatic carbocycles. The van der Waals surface area contributed by atoms with Crippen molar-refractivity contribution in [2.45, 2.75) is 38.8 Å². The second-order valence-electron chi connectivity index (χ2n) is 7.26. The smallest absolute Gasteiger partial charge is 0.361 e. The summed E-state index contributed by atoms with van der Waals surface area (Å²) in [5.41, 5.74) is -1.47. The largest absolute Gasteiger partial charge is 0.497 e. The zero-order valence-corrected chi connectivity index (χ0v) is 17.4. The molecule has 1 fully saturated rings. The van der Waals surface area contributed by atoms with Crippen LogP contribution in [0.25, 0.3) is 0 Å². The van der Waals surface area contributed by atoms with Crippen molar-refractivity contribution in [3.63, 3.8) is 0 Å². The van der Waals surface area contributed by atoms with E-state index in [9.17, 15) is 23.2 Å². The molecule has 9 heteroatoms. The van der Waals surface area contributed by atoms with Gasteiger partial charge < -0.3 is 9.57 Å². The third kappa shape index (κ3) is 4.21. The number of imide groups is 1. The first kappa shape index (κ1) is 22.2. The Morgan fingerprint density at radius 1 is 1.06 bits per heavy atom. The predicted octanol–water partition coefficient (Wildman–Crippen LogP) is 3.91. The Labute approximate surface area is 178 Å². The predicted molar refractivity (Wildman–Crippen MR) is 105 cm³/mol. The van der Waals surface area contributed by atoms with Crippen LogP contribution in [0.2, 0.25) is 0 Å². The fraction of sp³-hybridized carbons (Fsp3) is 0.318. The minimum atomic E-state index is -1.93. The highest BCUT2D eigenvalue weighted by Crippen LogP contribution is 2.39. The fourth-order valence-electron chi connectivity index (χ4n) is 3.35. The lowest BCUT2D eigenvalue weighted by atomic mass is 9.91. The molecule has 2 aromatic rings. The van der Waals surface area contributed by atoms with Crippen molar-refractivity contribution in [2.75, 3.05) is 7.11 Å². The van der Waals surface area contributed by atoms with Crippen molar-refractivity contribution in [1.82, 2.24) is 9.96 Å². The number of amides is 3. The Morgan fingerprint density at radius 2 is 1.68 bits per heavy atom. The summed E-state index contributed by atoms with van der Waals surface area (Å²) in [4.78, 5) is 44.6. The van der Waals surface area contributed by atoms with Gasteiger partial charge in [-0.25, -0.2) is 18.4 Å². The number of hydroxylamine groups is 2. The number of nitrogens with zero attached hydrogens (tertiary/aromatic N) is 2. The van der Waals surface area contributed by atoms with Crippen LogP contribution in [0.5, 0.6) is 5.75 Å². The Morgan fingerprint density at radius 3 is 2.23 bits per heavy atom. The maximum absolute atomic E-state index is 13.9. The van der Waals surface area contributed by atoms with E-state index in [1.807, 2.05) is 0 Å². The number of methoxy groups -OCH3 is 1. The average molecular weight is 432 g/mol. The number of hydrogen-bond donors (Lipinski definition) is 0. The molecule has 1 atom stereocenters. The summed E-state index contributed by atoms with van der Waals surface area (Å²) < 4.78 is 32.9. The third-order valence-corrected chi connectivity index (χ3v) is 5.04. The highest BCUT2D eigenvalue weighted by Gasteiger charge is 2.58. The van der Waals surface area contributed by atoms with Gasteiger partial charge in [0.2, 0.25) is 0 Å². The second kappa shape index (κ2) is 8.71. The molecule has 0 radical (unpaired) electrons. The molecule has 1 heterocycles. The summed E-state index contributed by atoms with van der Waals surface area (Å²) in [5.74, 6) is -2.77. The molecule has 3 rings (SSSR count). The standard InChI is InChI=1S/C22H22F2N2O5/c1-4-5-19(27)31-26-21(29)25(13-14-6-8-18(30-3)9-7-14)20(28)22(26,2)15-10-16(23)12-17(24)11-15/h6-12H,4-5,13H2,1-3H3. The Kier molecular flexibility index (Phi) is 6.24. The molecule has 0 saturated carbocycles. The molecule has 1 saturated heterocycles. The fourth-order valence-corrected chi connectivity index (χ4v) is 3.35. The van der Waals surface area contributed by atoms with Gasteiger partial charge in [0, 0.05) is 12.5 Å². The van der Waals surface area contributed by atoms with Crippen molar-refractivity contribution in [2.24, 2.45) is 0 Å². The number of carbonyl (C=O) groups is 3. The van der Waals surface area contributed by atoms with Gasteiger partial charge in [-0.2, -0.15) is 0 Å². The van der Waals surface area contributed by atoms with Gasteiger partial charge in [-0.05, 0) is 48.7 Å². The minimum Gasteiger partial charge on any atom is -0.497 e. The van der Waals surface area contributed by atoms with Gasteiger partial charge in [-0.15, -0.1) is 5.06 Å². The van der Waals surface area contributed by atoms with E-state index in [1.165, 1.54) is 14.0 Å². The number of ether oxygens (including phenoxy) is 1. The van der Waals surface area contributed by atoms with Gasteiger partial charge in [0.1, 0.15) is 17.4 Å². The molecular weight excluding hydrogens is 410 g/mol. The third-order valence-electron chi connectivity index (χ3n) is 5.04. The van der Waals surface area contributed by atoms with Crippen LogP contribution in [-0.4, -0.2) is 35.0 Å². The lowest BCUT2D eigenvalue weighted by molar-refractivity contribution is -0.193. The highest BCUT2D eigenvalue weighted by molar-refractivity contribution is 6.07. The number of urea groups is 1. The van der Waals surface area contributed by atoms with E-state index in [-0.39, 0.29) is 18.5 Å². The Hall–Kier alpha value is -3.49. The second-order valence-corrected chi connectivity index (χ2v) is 7.26. The normalized spacial score (nSPS) is 18.5. The minimum absolute atomic E-state index is 0.00401. The van der Waals surface area contributed by atoms with Crippen LogP contribution < -0.4 is 4.74 Å². The Balaban J connectivity index is 2.02. The first-order valence-electron chi connectivity index (χ1n) is 9.67. The van der Waals surface area contributed by atoms with Crippen molar-refractivity contribution in [3.8, 4) is 5.75 Å². The molecule has 2 aromatic carbocycles. The maximum atomic E-state index is 13.9. The lowest BCUT2D eigenvalue weighted by Gasteiger charge is -2.30. The van der Waals surface area contributed by atoms with Crippen LogP contribution in [0.1, 0.15) is 37.8 Å². The molecule has 7 nitrogen and oxygen atoms in total. The van der Waals surface area contributed by atoms with Gasteiger partial charge in [-0.3, -0.25) is 9.69 Å². The first-order chi connectivity index (χ1) is 14.7. The number of hydrogen-bond acceptors (Lipinski definition) is 5. The van der Waals surface area contributed by atoms with Crippen LogP contribution >= 0.6 is 0 Å². The van der Waals surface area contributed by atoms with Crippen LogP contribution in [0.4, 0.5) is 13.6 Å². The summed E-state index contributed by atoms with van der Waals surface area (Å²) >= 11 is 0. The average Bonchev–Trinajstić information content (AvgIpc) is 2.90. The van der Waals surface area contributed by atoms with E-state index < -0.39 is 35.1 Å². The van der Waals surface area contributed by atoms with Gasteiger partial charge in [0.15, 0.2) is 5.54 Å². The summed E-state index contributed by atoms with van der Waals surface area (Å²) in [7, 11) is 1.51. The molecule has 1 aliphatic heterocycles. The zero-order valence-electron chi connectivity index (χ0n) is 17.4. The topological polar surface area (TPSA) is 76.2 Å². The summed E-state index contributed by atoms with van der Waals surface area (Å²) in [5, 5.41) is 0.602. The van der Waals surface area contributed by atoms with Crippen molar-refractivity contribution in [1.29, 1.82) is 0 Å². The van der Waals surface area contributed by atoms with Gasteiger partial charge in [0.05, 0.1) is 13.7 Å². The monoisotopic (exact) mass is 432 g/mol. The van der Waals surface area contributed by atoms with E-state index in [4.69, 9.17) is 9.57 Å². The quantitative estimate of drug-likeness (QED) is 0.620. The molecule has 0 aromatic heterocycles. The molecule has 1 aliphatic rings. The Bertz CT molecular complexity index is 991. The van der Waals surface area contributed by atoms with Crippen molar-refractivity contribution < 1.29 is 32.7 Å². The molecule has 0 N–H and O–H groups in total. The van der Waals surface area contributed by atoms with Crippen LogP contribution in [0.15, 0.2) is 42.5 Å². The van der Waals surface area contributed by atoms with E-state index in [2.05, 4.69) is 0 Å². The summed E-state index contributed by atoms with van der Waals surface area (Å²) in [6, 6.07) is 8.29. The van der Waals surface area contributed by atoms with E-state index in [0.717, 1.165) is 17.0 Å². The van der Waals surface area contributed by atoms with E-state index in [1.54, 1.807) is 31.2 Å². The van der Waals surface area contributed by atoms with Gasteiger partial charge >= 0.3 is 12.0 Å². The van der Waals surface area contributed by atoms with Crippen molar-refractivity contribution >= 4 is 17.9 Å². The SMILES string of the molecule is CCCC(=O)ON1C(=O)N(Cc2ccc(OC)cc2)C(=O)C1(C)c1cc(F)cc(F)c1. The number of halogens is 2. The molecular formula is C22H22F2N2O5. The summed E-state index contributed by atoms with van der Waals surface area (Å²) in [6.07, 6.45) is 0.458. The molecule has 0 bridgehead atoms. The lowest BCUT2D eigenvalue weighted by Crippen LogP contribution is -2.45. The van der Waals surface area contributed by atoms with Gasteiger partial charge in [0.25, 0.3) is 5.91 Å². The van der Waals surface area contributed by atoms with Gasteiger partial charge in [-0.1, -0.05) is 19.1 Å². The van der Waals surface area contributed by atoms with Crippen LogP contribution in [0.3, 0.4) is 0 Å². The summed E-state index contributed by atoms with van der Waals surface area (Å²) in [6.45, 7) is 2.90. The first-order valence-corrected chi connectivity index (χ1v) is 9.67. The highest BCUT2D eigenvalue weighted by atomic mass is 19.1. The molecule has 1 unspecified atom stereocenters. The van der Waals surface area contributed by atoms with Crippen molar-refractivity contribution in [3.05, 3.63) is 65.2 Å². The maximum Gasteiger partial charge on any atom is 0.361 e. The van der Waals surface area contributed by atoms with Crippen LogP contribution in [0, 0.1) is 11.6 Å². The number of rotatable bonds is 7.